The molecule has 0 aliphatic carbocycles. The van der Waals surface area contributed by atoms with E-state index in [1.807, 2.05) is 131 Å². The number of aromatic amines is 1. The van der Waals surface area contributed by atoms with Gasteiger partial charge >= 0.3 is 12.1 Å². The average Bonchev–Trinajstić information content (AvgIpc) is 1.61. The summed E-state index contributed by atoms with van der Waals surface area (Å²) in [5.74, 6) is -4.86. The number of likely N-dealkylation sites (tertiary alicyclic amines) is 1. The fraction of sp³-hybridized carbons (Fsp3) is 0.643. The number of carbonyl (C=O) groups excluding carboxylic acids is 12. The quantitative estimate of drug-likeness (QED) is 0.0186. The third-order valence-electron chi connectivity index (χ3n) is 20.4. The largest absolute Gasteiger partial charge is 0.450 e. The number of nitrogens with zero attached hydrogens (tertiary/aromatic N) is 4. The zero-order valence-corrected chi connectivity index (χ0v) is 72.8. The maximum Gasteiger partial charge on any atom is 0.407 e. The molecule has 13 N–H and O–H groups in total. The number of hydrogen-bond donors (Lipinski definition) is 12. The lowest BCUT2D eigenvalue weighted by Gasteiger charge is -2.41. The van der Waals surface area contributed by atoms with Crippen LogP contribution >= 0.6 is 11.3 Å². The maximum atomic E-state index is 14.3. The third-order valence-corrected chi connectivity index (χ3v) is 21.3. The maximum absolute atomic E-state index is 14.3. The Morgan fingerprint density at radius 2 is 1.36 bits per heavy atom. The number of thiazole rings is 1. The van der Waals surface area contributed by atoms with E-state index in [9.17, 15) is 57.5 Å². The molecule has 12 atom stereocenters. The number of carbonyl (C=O) groups is 12. The molecule has 116 heavy (non-hydrogen) atoms. The van der Waals surface area contributed by atoms with E-state index in [2.05, 4.69) is 68.1 Å². The van der Waals surface area contributed by atoms with Crippen molar-refractivity contribution in [1.29, 1.82) is 0 Å². The SMILES string of the molecule is CCOC(=O)NC(C)(C)C(=O)N[C@H](C(=O)N(C)[C@@H]([C@@H](C)CC)[C@@H](CC(=O)N1CCC[C@H]1[C@H](OC)[C@@H](C)C(=O)N[C@@H](Cc1ccccc1)c1nccs1)OC)C(C)C.Cc1ccc(NC(=O)[C@H](CCCNC(N)=O)NC(=O)[C@@H](NC(=O)[C@H](CCCCNC(=O)CC[C@@H](NC(C)(C)C)C(=O)C(C)(C)C)NC(=O)Cc2cnc[nH]2)C(C)C)cc1. The van der Waals surface area contributed by atoms with Crippen molar-refractivity contribution in [1.82, 2.24) is 72.6 Å². The molecule has 2 aromatic heterocycles. The number of ketones is 1. The second-order valence-corrected chi connectivity index (χ2v) is 34.2. The Bertz CT molecular complexity index is 3760. The number of aryl methyl sites for hydroxylation is 1. The zero-order chi connectivity index (χ0) is 86.8. The topological polar surface area (TPSA) is 427 Å². The minimum atomic E-state index is -1.36. The summed E-state index contributed by atoms with van der Waals surface area (Å²) in [7, 11) is 4.79. The number of rotatable bonds is 45. The average molecular weight is 1640 g/mol. The molecule has 1 aliphatic rings. The van der Waals surface area contributed by atoms with Gasteiger partial charge in [-0.25, -0.2) is 19.6 Å². The number of primary amides is 1. The predicted octanol–water partition coefficient (Wildman–Crippen LogP) is 8.03. The molecular formula is C84H134N16O15S. The molecule has 4 aromatic rings. The summed E-state index contributed by atoms with van der Waals surface area (Å²) in [6.07, 6.45) is 7.47. The fourth-order valence-corrected chi connectivity index (χ4v) is 14.4. The van der Waals surface area contributed by atoms with Gasteiger partial charge in [0.05, 0.1) is 68.1 Å². The molecule has 0 radical (unpaired) electrons. The number of methoxy groups -OCH3 is 2. The molecular weight excluding hydrogens is 1510 g/mol. The van der Waals surface area contributed by atoms with Crippen molar-refractivity contribution in [3.63, 3.8) is 0 Å². The summed E-state index contributed by atoms with van der Waals surface area (Å²) in [5.41, 5.74) is 6.11. The van der Waals surface area contributed by atoms with Crippen LogP contribution < -0.4 is 58.9 Å². The van der Waals surface area contributed by atoms with Gasteiger partial charge in [-0.15, -0.1) is 11.3 Å². The highest BCUT2D eigenvalue weighted by molar-refractivity contribution is 7.09. The lowest BCUT2D eigenvalue weighted by atomic mass is 9.84. The first-order valence-electron chi connectivity index (χ1n) is 40.5. The molecule has 0 spiro atoms. The van der Waals surface area contributed by atoms with Crippen LogP contribution in [-0.4, -0.2) is 209 Å². The minimum absolute atomic E-state index is 0.00493. The number of nitrogens with two attached hydrogens (primary N) is 1. The van der Waals surface area contributed by atoms with Crippen LogP contribution in [0.3, 0.4) is 0 Å². The zero-order valence-electron chi connectivity index (χ0n) is 72.0. The van der Waals surface area contributed by atoms with Crippen molar-refractivity contribution in [2.45, 2.75) is 273 Å². The number of imidazole rings is 1. The Morgan fingerprint density at radius 3 is 1.93 bits per heavy atom. The summed E-state index contributed by atoms with van der Waals surface area (Å²) in [5, 5.41) is 31.2. The molecule has 12 amide bonds. The normalized spacial score (nSPS) is 15.8. The van der Waals surface area contributed by atoms with Crippen LogP contribution in [0.5, 0.6) is 0 Å². The first-order chi connectivity index (χ1) is 54.6. The standard InChI is InChI=1S/C42H68N10O7.C42H66N6O8S/c1-26(2)35(39(58)50-32(14-12-22-46-40(43)59)37(56)48-28-17-15-27(3)16-18-28)51-38(57)31(49-34(54)23-29-24-44-25-47-29)13-10-11-21-45-33(53)20-19-30(52-42(7,8)9)36(55)41(4,5)6;1-12-27(5)35(47(9)39(51)34(26(3)4)45-40(52)42(7,8)46-41(53)56-13-2)32(54-10)25-33(49)48-22-17-20-31(48)36(55-11)28(6)37(50)44-30(38-43-21-23-57-38)24-29-18-15-14-16-19-29/h15-18,24-26,30-32,35,52H,10-14,19-23H2,1-9H3,(H,44,47)(H,45,53)(H,48,56)(H,49,54)(H,50,58)(H,51,57)(H3,43,46,59);14-16,18-19,21,23,26-28,30-32,34-36H,12-13,17,20,22,24-25H2,1-11H3,(H,44,50)(H,45,52)(H,46,53)/t30-,31+,32+,35+;27-,28+,30-,31-,32+,34-,35-,36+/m10/s1. The number of aromatic nitrogens is 3. The van der Waals surface area contributed by atoms with Crippen LogP contribution in [0.15, 0.2) is 78.7 Å². The van der Waals surface area contributed by atoms with Crippen LogP contribution in [0.2, 0.25) is 0 Å². The Labute approximate surface area is 690 Å². The van der Waals surface area contributed by atoms with Gasteiger partial charge in [-0.3, -0.25) is 47.9 Å². The van der Waals surface area contributed by atoms with Crippen molar-refractivity contribution in [2.24, 2.45) is 34.8 Å². The molecule has 2 aromatic carbocycles. The number of hydrogen-bond acceptors (Lipinski definition) is 19. The van der Waals surface area contributed by atoms with Crippen molar-refractivity contribution < 1.29 is 71.7 Å². The van der Waals surface area contributed by atoms with E-state index in [0.717, 1.165) is 22.6 Å². The summed E-state index contributed by atoms with van der Waals surface area (Å²) >= 11 is 1.49. The monoisotopic (exact) mass is 1640 g/mol. The molecule has 646 valence electrons. The first kappa shape index (κ1) is 99.0. The molecule has 1 fully saturated rings. The molecule has 5 rings (SSSR count). The van der Waals surface area contributed by atoms with Crippen LogP contribution in [0.4, 0.5) is 15.3 Å². The number of anilines is 1. The van der Waals surface area contributed by atoms with E-state index < -0.39 is 113 Å². The summed E-state index contributed by atoms with van der Waals surface area (Å²) in [6.45, 7) is 32.3. The molecule has 31 nitrogen and oxygen atoms in total. The number of unbranched alkanes of at least 4 members (excludes halogenated alkanes) is 1. The lowest BCUT2D eigenvalue weighted by Crippen LogP contribution is -2.62. The highest BCUT2D eigenvalue weighted by atomic mass is 32.1. The summed E-state index contributed by atoms with van der Waals surface area (Å²) in [6, 6.07) is 10.7. The Kier molecular flexibility index (Phi) is 41.2. The molecule has 0 saturated carbocycles. The number of urea groups is 1. The first-order valence-corrected chi connectivity index (χ1v) is 41.4. The molecule has 0 bridgehead atoms. The van der Waals surface area contributed by atoms with Gasteiger partial charge in [0.15, 0.2) is 5.78 Å². The lowest BCUT2D eigenvalue weighted by molar-refractivity contribution is -0.148. The second-order valence-electron chi connectivity index (χ2n) is 33.3. The van der Waals surface area contributed by atoms with Gasteiger partial charge in [-0.2, -0.15) is 0 Å². The molecule has 32 heteroatoms. The fourth-order valence-electron chi connectivity index (χ4n) is 13.8. The predicted molar refractivity (Wildman–Crippen MR) is 447 cm³/mol. The highest BCUT2D eigenvalue weighted by Gasteiger charge is 2.45. The Morgan fingerprint density at radius 1 is 0.716 bits per heavy atom. The Hall–Kier alpha value is -9.40. The van der Waals surface area contributed by atoms with Crippen molar-refractivity contribution in [3.05, 3.63) is 101 Å². The van der Waals surface area contributed by atoms with Gasteiger partial charge in [-0.05, 0) is 142 Å². The van der Waals surface area contributed by atoms with Gasteiger partial charge < -0.3 is 87.9 Å². The number of ether oxygens (including phenoxy) is 3. The van der Waals surface area contributed by atoms with E-state index >= 15 is 0 Å². The number of likely N-dealkylation sites (N-methyl/N-ethyl adjacent to an activating group) is 1. The second kappa shape index (κ2) is 48.3. The van der Waals surface area contributed by atoms with Crippen LogP contribution in [-0.2, 0) is 75.0 Å². The number of alkyl carbamates (subject to hydrolysis) is 1. The highest BCUT2D eigenvalue weighted by Crippen LogP contribution is 2.32. The van der Waals surface area contributed by atoms with Gasteiger partial charge in [0.2, 0.25) is 53.2 Å². The molecule has 1 saturated heterocycles. The van der Waals surface area contributed by atoms with Gasteiger partial charge in [-0.1, -0.05) is 124 Å². The van der Waals surface area contributed by atoms with E-state index in [-0.39, 0.29) is 104 Å². The number of Topliss-reactive ketones (excluding diaryl/α,β-unsaturated/α-hetero) is 1. The third kappa shape index (κ3) is 33.3. The Balaban J connectivity index is 0.000000489. The number of H-pyrrole nitrogens is 1. The van der Waals surface area contributed by atoms with E-state index in [1.165, 1.54) is 44.8 Å². The molecule has 3 heterocycles. The van der Waals surface area contributed by atoms with Gasteiger partial charge in [0, 0.05) is 87.4 Å². The molecule has 0 unspecified atom stereocenters. The van der Waals surface area contributed by atoms with Gasteiger partial charge in [0.1, 0.15) is 34.7 Å². The van der Waals surface area contributed by atoms with Crippen LogP contribution in [0, 0.1) is 36.0 Å². The minimum Gasteiger partial charge on any atom is -0.450 e. The van der Waals surface area contributed by atoms with Crippen molar-refractivity contribution >= 4 is 88.1 Å². The van der Waals surface area contributed by atoms with Crippen LogP contribution in [0.1, 0.15) is 209 Å². The summed E-state index contributed by atoms with van der Waals surface area (Å²) in [4.78, 5) is 174. The van der Waals surface area contributed by atoms with Crippen molar-refractivity contribution in [2.75, 3.05) is 52.8 Å². The molecule has 1 aliphatic heterocycles. The van der Waals surface area contributed by atoms with Crippen LogP contribution in [0.25, 0.3) is 0 Å². The van der Waals surface area contributed by atoms with E-state index in [1.54, 1.807) is 63.1 Å². The van der Waals surface area contributed by atoms with Crippen molar-refractivity contribution in [3.8, 4) is 0 Å². The number of nitrogens with one attached hydrogen (secondary N) is 11. The number of amides is 12. The summed E-state index contributed by atoms with van der Waals surface area (Å²) < 4.78 is 17.0. The van der Waals surface area contributed by atoms with E-state index in [0.29, 0.717) is 69.4 Å². The smallest absolute Gasteiger partial charge is 0.407 e. The van der Waals surface area contributed by atoms with Gasteiger partial charge in [0.25, 0.3) is 0 Å². The van der Waals surface area contributed by atoms with E-state index in [4.69, 9.17) is 19.9 Å². The number of benzene rings is 2.